The molecule has 0 atom stereocenters. The van der Waals surface area contributed by atoms with E-state index in [0.717, 1.165) is 42.9 Å². The van der Waals surface area contributed by atoms with Crippen molar-refractivity contribution < 1.29 is 9.59 Å². The van der Waals surface area contributed by atoms with Crippen LogP contribution in [0.2, 0.25) is 0 Å². The van der Waals surface area contributed by atoms with Gasteiger partial charge in [-0.3, -0.25) is 9.59 Å². The molecule has 6 heteroatoms. The van der Waals surface area contributed by atoms with Gasteiger partial charge in [-0.25, -0.2) is 4.98 Å². The Kier molecular flexibility index (Phi) is 6.72. The van der Waals surface area contributed by atoms with Gasteiger partial charge in [-0.15, -0.1) is 0 Å². The second kappa shape index (κ2) is 9.25. The number of hydrogen-bond acceptors (Lipinski definition) is 3. The first kappa shape index (κ1) is 21.1. The molecule has 0 aliphatic carbocycles. The summed E-state index contributed by atoms with van der Waals surface area (Å²) >= 11 is 0. The van der Waals surface area contributed by atoms with Crippen LogP contribution >= 0.6 is 0 Å². The predicted octanol–water partition coefficient (Wildman–Crippen LogP) is 3.65. The predicted molar refractivity (Wildman–Crippen MR) is 114 cm³/mol. The molecule has 0 bridgehead atoms. The molecule has 0 radical (unpaired) electrons. The Hall–Kier alpha value is -2.63. The lowest BCUT2D eigenvalue weighted by Crippen LogP contribution is -2.48. The fraction of sp³-hybridized carbons (Fsp3) is 0.522. The van der Waals surface area contributed by atoms with E-state index in [1.54, 1.807) is 6.20 Å². The van der Waals surface area contributed by atoms with E-state index >= 15 is 0 Å². The summed E-state index contributed by atoms with van der Waals surface area (Å²) in [5.74, 6) is 1.15. The Morgan fingerprint density at radius 3 is 2.45 bits per heavy atom. The molecule has 2 aromatic rings. The maximum atomic E-state index is 12.9. The maximum Gasteiger partial charge on any atom is 0.253 e. The highest BCUT2D eigenvalue weighted by atomic mass is 16.2. The van der Waals surface area contributed by atoms with Crippen molar-refractivity contribution in [3.63, 3.8) is 0 Å². The molecule has 6 nitrogen and oxygen atoms in total. The number of amides is 2. The normalized spacial score (nSPS) is 15.0. The number of carbonyl (C=O) groups is 2. The SMILES string of the molecule is CCC(CC)C(=O)N1CCC(NC(=O)c2cc(C)n(-c3ccccn3)c2C)CC1. The van der Waals surface area contributed by atoms with Crippen molar-refractivity contribution in [2.45, 2.75) is 59.4 Å². The van der Waals surface area contributed by atoms with Gasteiger partial charge < -0.3 is 14.8 Å². The highest BCUT2D eigenvalue weighted by Gasteiger charge is 2.28. The van der Waals surface area contributed by atoms with E-state index < -0.39 is 0 Å². The number of pyridine rings is 1. The second-order valence-corrected chi connectivity index (χ2v) is 7.89. The molecular formula is C23H32N4O2. The van der Waals surface area contributed by atoms with Crippen LogP contribution in [-0.4, -0.2) is 45.4 Å². The van der Waals surface area contributed by atoms with Gasteiger partial charge in [0.2, 0.25) is 5.91 Å². The van der Waals surface area contributed by atoms with Crippen LogP contribution in [-0.2, 0) is 4.79 Å². The molecule has 3 rings (SSSR count). The van der Waals surface area contributed by atoms with E-state index in [-0.39, 0.29) is 23.8 Å². The highest BCUT2D eigenvalue weighted by Crippen LogP contribution is 2.21. The average molecular weight is 397 g/mol. The second-order valence-electron chi connectivity index (χ2n) is 7.89. The third-order valence-electron chi connectivity index (χ3n) is 6.03. The lowest BCUT2D eigenvalue weighted by Gasteiger charge is -2.34. The van der Waals surface area contributed by atoms with Crippen molar-refractivity contribution in [3.8, 4) is 5.82 Å². The first-order valence-corrected chi connectivity index (χ1v) is 10.7. The van der Waals surface area contributed by atoms with Gasteiger partial charge in [0.15, 0.2) is 0 Å². The van der Waals surface area contributed by atoms with E-state index in [0.29, 0.717) is 18.7 Å². The zero-order chi connectivity index (χ0) is 21.0. The Morgan fingerprint density at radius 2 is 1.86 bits per heavy atom. The fourth-order valence-corrected chi connectivity index (χ4v) is 4.23. The molecule has 1 saturated heterocycles. The molecule has 156 valence electrons. The van der Waals surface area contributed by atoms with E-state index in [9.17, 15) is 9.59 Å². The van der Waals surface area contributed by atoms with E-state index in [1.165, 1.54) is 0 Å². The molecule has 0 aromatic carbocycles. The molecule has 0 unspecified atom stereocenters. The monoisotopic (exact) mass is 396 g/mol. The van der Waals surface area contributed by atoms with Crippen molar-refractivity contribution >= 4 is 11.8 Å². The zero-order valence-corrected chi connectivity index (χ0v) is 17.9. The maximum absolute atomic E-state index is 12.9. The molecule has 1 aliphatic heterocycles. The average Bonchev–Trinajstić information content (AvgIpc) is 3.04. The number of aryl methyl sites for hydroxylation is 1. The Labute approximate surface area is 173 Å². The quantitative estimate of drug-likeness (QED) is 0.810. The minimum Gasteiger partial charge on any atom is -0.349 e. The van der Waals surface area contributed by atoms with Gasteiger partial charge in [0.05, 0.1) is 5.56 Å². The van der Waals surface area contributed by atoms with E-state index in [4.69, 9.17) is 0 Å². The van der Waals surface area contributed by atoms with Gasteiger partial charge in [-0.2, -0.15) is 0 Å². The first-order valence-electron chi connectivity index (χ1n) is 10.7. The summed E-state index contributed by atoms with van der Waals surface area (Å²) in [5, 5.41) is 3.17. The Balaban J connectivity index is 1.63. The molecule has 2 aromatic heterocycles. The van der Waals surface area contributed by atoms with Gasteiger partial charge >= 0.3 is 0 Å². The first-order chi connectivity index (χ1) is 14.0. The van der Waals surface area contributed by atoms with Crippen molar-refractivity contribution in [2.24, 2.45) is 5.92 Å². The van der Waals surface area contributed by atoms with Gasteiger partial charge in [0.1, 0.15) is 5.82 Å². The number of likely N-dealkylation sites (tertiary alicyclic amines) is 1. The number of nitrogens with one attached hydrogen (secondary N) is 1. The van der Waals surface area contributed by atoms with Gasteiger partial charge in [-0.05, 0) is 57.7 Å². The van der Waals surface area contributed by atoms with Crippen molar-refractivity contribution in [1.82, 2.24) is 19.8 Å². The Bertz CT molecular complexity index is 847. The lowest BCUT2D eigenvalue weighted by atomic mass is 9.98. The molecular weight excluding hydrogens is 364 g/mol. The summed E-state index contributed by atoms with van der Waals surface area (Å²) in [6, 6.07) is 7.79. The number of aromatic nitrogens is 2. The number of nitrogens with zero attached hydrogens (tertiary/aromatic N) is 3. The molecule has 3 heterocycles. The summed E-state index contributed by atoms with van der Waals surface area (Å²) in [6.07, 6.45) is 5.13. The third-order valence-corrected chi connectivity index (χ3v) is 6.03. The van der Waals surface area contributed by atoms with Crippen molar-refractivity contribution in [3.05, 3.63) is 47.4 Å². The van der Waals surface area contributed by atoms with Crippen molar-refractivity contribution in [1.29, 1.82) is 0 Å². The number of piperidine rings is 1. The summed E-state index contributed by atoms with van der Waals surface area (Å²) < 4.78 is 2.01. The van der Waals surface area contributed by atoms with E-state index in [2.05, 4.69) is 24.1 Å². The van der Waals surface area contributed by atoms with Crippen LogP contribution in [0, 0.1) is 19.8 Å². The number of rotatable bonds is 6. The van der Waals surface area contributed by atoms with Gasteiger partial charge in [-0.1, -0.05) is 19.9 Å². The van der Waals surface area contributed by atoms with Crippen LogP contribution in [0.3, 0.4) is 0 Å². The standard InChI is InChI=1S/C23H32N4O2/c1-5-18(6-2)23(29)26-13-10-19(11-14-26)25-22(28)20-15-16(3)27(17(20)4)21-9-7-8-12-24-21/h7-9,12,15,18-19H,5-6,10-11,13-14H2,1-4H3,(H,25,28). The van der Waals surface area contributed by atoms with Crippen LogP contribution in [0.4, 0.5) is 0 Å². The van der Waals surface area contributed by atoms with Gasteiger partial charge in [0, 0.05) is 42.6 Å². The van der Waals surface area contributed by atoms with E-state index in [1.807, 2.05) is 47.6 Å². The van der Waals surface area contributed by atoms with Crippen LogP contribution in [0.15, 0.2) is 30.5 Å². The minimum atomic E-state index is -0.0509. The molecule has 0 spiro atoms. The van der Waals surface area contributed by atoms with Crippen molar-refractivity contribution in [2.75, 3.05) is 13.1 Å². The largest absolute Gasteiger partial charge is 0.349 e. The van der Waals surface area contributed by atoms with Crippen LogP contribution < -0.4 is 5.32 Å². The fourth-order valence-electron chi connectivity index (χ4n) is 4.23. The third kappa shape index (κ3) is 4.52. The molecule has 1 fully saturated rings. The molecule has 1 N–H and O–H groups in total. The lowest BCUT2D eigenvalue weighted by molar-refractivity contribution is -0.136. The number of carbonyl (C=O) groups excluding carboxylic acids is 2. The Morgan fingerprint density at radius 1 is 1.17 bits per heavy atom. The molecule has 1 aliphatic rings. The highest BCUT2D eigenvalue weighted by molar-refractivity contribution is 5.96. The minimum absolute atomic E-state index is 0.0509. The molecule has 29 heavy (non-hydrogen) atoms. The summed E-state index contributed by atoms with van der Waals surface area (Å²) in [4.78, 5) is 31.9. The van der Waals surface area contributed by atoms with Gasteiger partial charge in [0.25, 0.3) is 5.91 Å². The summed E-state index contributed by atoms with van der Waals surface area (Å²) in [5.41, 5.74) is 2.56. The van der Waals surface area contributed by atoms with Crippen LogP contribution in [0.1, 0.15) is 61.3 Å². The molecule has 0 saturated carbocycles. The summed E-state index contributed by atoms with van der Waals surface area (Å²) in [6.45, 7) is 9.51. The van der Waals surface area contributed by atoms with Crippen LogP contribution in [0.5, 0.6) is 0 Å². The zero-order valence-electron chi connectivity index (χ0n) is 17.9. The smallest absolute Gasteiger partial charge is 0.253 e. The van der Waals surface area contributed by atoms with Crippen LogP contribution in [0.25, 0.3) is 5.82 Å². The summed E-state index contributed by atoms with van der Waals surface area (Å²) in [7, 11) is 0. The number of hydrogen-bond donors (Lipinski definition) is 1. The topological polar surface area (TPSA) is 67.2 Å². The molecule has 2 amide bonds.